The summed E-state index contributed by atoms with van der Waals surface area (Å²) in [7, 11) is 0. The number of ether oxygens (including phenoxy) is 2. The lowest BCUT2D eigenvalue weighted by molar-refractivity contribution is -0.136. The predicted octanol–water partition coefficient (Wildman–Crippen LogP) is 3.85. The van der Waals surface area contributed by atoms with Crippen LogP contribution in [0, 0.1) is 23.2 Å². The molecule has 4 atom stereocenters. The first kappa shape index (κ1) is 18.6. The lowest BCUT2D eigenvalue weighted by atomic mass is 9.51. The molecule has 3 rings (SSSR count). The van der Waals surface area contributed by atoms with E-state index in [-0.39, 0.29) is 23.0 Å². The highest BCUT2D eigenvalue weighted by atomic mass is 16.6. The first-order chi connectivity index (χ1) is 12.2. The maximum Gasteiger partial charge on any atom is 0.346 e. The van der Waals surface area contributed by atoms with Crippen LogP contribution in [-0.2, 0) is 23.9 Å². The Morgan fingerprint density at radius 2 is 2.15 bits per heavy atom. The minimum Gasteiger partial charge on any atom is -0.427 e. The highest BCUT2D eigenvalue weighted by molar-refractivity contribution is 5.96. The summed E-state index contributed by atoms with van der Waals surface area (Å²) in [5, 5.41) is 0. The average Bonchev–Trinajstić information content (AvgIpc) is 2.90. The van der Waals surface area contributed by atoms with Crippen LogP contribution in [0.2, 0.25) is 0 Å². The number of Topliss-reactive ketones (excluding diaryl/α,β-unsaturated/α-hetero) is 1. The van der Waals surface area contributed by atoms with Gasteiger partial charge in [0.15, 0.2) is 5.76 Å². The van der Waals surface area contributed by atoms with Crippen LogP contribution < -0.4 is 0 Å². The first-order valence-corrected chi connectivity index (χ1v) is 9.24. The number of rotatable bonds is 3. The molecular formula is C21H26O5. The van der Waals surface area contributed by atoms with Crippen molar-refractivity contribution >= 4 is 17.7 Å². The van der Waals surface area contributed by atoms with Gasteiger partial charge in [0.05, 0.1) is 0 Å². The summed E-state index contributed by atoms with van der Waals surface area (Å²) in [6.45, 7) is 9.86. The van der Waals surface area contributed by atoms with Crippen molar-refractivity contribution < 1.29 is 23.9 Å². The Labute approximate surface area is 154 Å². The highest BCUT2D eigenvalue weighted by Gasteiger charge is 2.50. The third-order valence-corrected chi connectivity index (χ3v) is 6.50. The van der Waals surface area contributed by atoms with Gasteiger partial charge in [0, 0.05) is 19.3 Å². The van der Waals surface area contributed by atoms with Gasteiger partial charge in [-0.15, -0.1) is 0 Å². The largest absolute Gasteiger partial charge is 0.427 e. The van der Waals surface area contributed by atoms with Crippen LogP contribution in [0.4, 0.5) is 0 Å². The van der Waals surface area contributed by atoms with E-state index in [1.807, 2.05) is 6.92 Å². The van der Waals surface area contributed by atoms with E-state index in [1.54, 1.807) is 6.08 Å². The number of hydrogen-bond donors (Lipinski definition) is 0. The zero-order chi connectivity index (χ0) is 19.1. The number of allylic oxidation sites excluding steroid dienone is 2. The summed E-state index contributed by atoms with van der Waals surface area (Å²) >= 11 is 0. The number of fused-ring (bicyclic) bond motifs is 1. The van der Waals surface area contributed by atoms with Crippen molar-refractivity contribution in [3.05, 3.63) is 35.8 Å². The van der Waals surface area contributed by atoms with Gasteiger partial charge in [0.25, 0.3) is 0 Å². The van der Waals surface area contributed by atoms with E-state index in [2.05, 4.69) is 13.5 Å². The minimum atomic E-state index is -0.503. The fraction of sp³-hybridized carbons (Fsp3) is 0.571. The average molecular weight is 358 g/mol. The Bertz CT molecular complexity index is 729. The quantitative estimate of drug-likeness (QED) is 0.435. The van der Waals surface area contributed by atoms with Gasteiger partial charge in [0.2, 0.25) is 0 Å². The van der Waals surface area contributed by atoms with Crippen molar-refractivity contribution in [3.63, 3.8) is 0 Å². The van der Waals surface area contributed by atoms with Gasteiger partial charge >= 0.3 is 11.9 Å². The maximum atomic E-state index is 12.2. The Morgan fingerprint density at radius 3 is 2.85 bits per heavy atom. The standard InChI is InChI=1S/C21H26O5/c1-12-5-7-17-13(2)18(23)9-10-21(17,4)16(12)8-6-15-19(26-14(3)22)11-25-20(15)24/h6,11,13,16-17H,1,5,7-10H2,2-4H3/b15-6+/t13-,16?,17?,21-/m1/s1. The van der Waals surface area contributed by atoms with E-state index < -0.39 is 11.9 Å². The molecule has 3 aliphatic rings. The predicted molar refractivity (Wildman–Crippen MR) is 95.5 cm³/mol. The van der Waals surface area contributed by atoms with Crippen molar-refractivity contribution in [2.75, 3.05) is 0 Å². The molecule has 2 unspecified atom stereocenters. The van der Waals surface area contributed by atoms with Gasteiger partial charge in [-0.1, -0.05) is 32.1 Å². The van der Waals surface area contributed by atoms with E-state index in [0.717, 1.165) is 19.3 Å². The Morgan fingerprint density at radius 1 is 1.42 bits per heavy atom. The molecule has 0 saturated heterocycles. The summed E-state index contributed by atoms with van der Waals surface area (Å²) in [6.07, 6.45) is 6.96. The summed E-state index contributed by atoms with van der Waals surface area (Å²) in [6, 6.07) is 0. The van der Waals surface area contributed by atoms with E-state index in [1.165, 1.54) is 18.8 Å². The molecule has 0 aromatic rings. The van der Waals surface area contributed by atoms with Gasteiger partial charge in [-0.25, -0.2) is 4.79 Å². The molecule has 0 bridgehead atoms. The summed E-state index contributed by atoms with van der Waals surface area (Å²) < 4.78 is 9.96. The Balaban J connectivity index is 1.84. The van der Waals surface area contributed by atoms with E-state index in [0.29, 0.717) is 30.1 Å². The minimum absolute atomic E-state index is 0.00641. The molecule has 2 aliphatic carbocycles. The first-order valence-electron chi connectivity index (χ1n) is 9.24. The summed E-state index contributed by atoms with van der Waals surface area (Å²) in [5.41, 5.74) is 1.46. The second-order valence-corrected chi connectivity index (χ2v) is 7.95. The monoisotopic (exact) mass is 358 g/mol. The van der Waals surface area contributed by atoms with Crippen molar-refractivity contribution in [1.82, 2.24) is 0 Å². The normalized spacial score (nSPS) is 35.8. The molecule has 26 heavy (non-hydrogen) atoms. The fourth-order valence-corrected chi connectivity index (χ4v) is 5.02. The number of carbonyl (C=O) groups excluding carboxylic acids is 3. The van der Waals surface area contributed by atoms with Crippen LogP contribution >= 0.6 is 0 Å². The lowest BCUT2D eigenvalue weighted by Gasteiger charge is -2.53. The topological polar surface area (TPSA) is 69.7 Å². The molecule has 0 aromatic carbocycles. The number of cyclic esters (lactones) is 1. The van der Waals surface area contributed by atoms with E-state index in [9.17, 15) is 14.4 Å². The zero-order valence-corrected chi connectivity index (χ0v) is 15.7. The van der Waals surface area contributed by atoms with Gasteiger partial charge in [-0.05, 0) is 42.9 Å². The number of ketones is 1. The molecule has 2 saturated carbocycles. The van der Waals surface area contributed by atoms with Crippen molar-refractivity contribution in [1.29, 1.82) is 0 Å². The van der Waals surface area contributed by atoms with Crippen LogP contribution in [0.1, 0.15) is 52.9 Å². The Kier molecular flexibility index (Phi) is 4.91. The summed E-state index contributed by atoms with van der Waals surface area (Å²) in [4.78, 5) is 35.4. The molecule has 1 aliphatic heterocycles. The number of hydrogen-bond acceptors (Lipinski definition) is 5. The lowest BCUT2D eigenvalue weighted by Crippen LogP contribution is -2.48. The van der Waals surface area contributed by atoms with E-state index in [4.69, 9.17) is 9.47 Å². The van der Waals surface area contributed by atoms with Crippen LogP contribution in [-0.4, -0.2) is 17.7 Å². The molecule has 2 fully saturated rings. The molecular weight excluding hydrogens is 332 g/mol. The third-order valence-electron chi connectivity index (χ3n) is 6.50. The zero-order valence-electron chi connectivity index (χ0n) is 15.7. The van der Waals surface area contributed by atoms with Crippen molar-refractivity contribution in [2.24, 2.45) is 23.2 Å². The van der Waals surface area contributed by atoms with Crippen molar-refractivity contribution in [2.45, 2.75) is 52.9 Å². The Hall–Kier alpha value is -2.17. The number of carbonyl (C=O) groups is 3. The van der Waals surface area contributed by atoms with Gasteiger partial charge in [-0.3, -0.25) is 9.59 Å². The molecule has 0 aromatic heterocycles. The van der Waals surface area contributed by atoms with Gasteiger partial charge in [-0.2, -0.15) is 0 Å². The molecule has 0 amide bonds. The second-order valence-electron chi connectivity index (χ2n) is 7.95. The molecule has 5 nitrogen and oxygen atoms in total. The van der Waals surface area contributed by atoms with Crippen LogP contribution in [0.15, 0.2) is 35.8 Å². The summed E-state index contributed by atoms with van der Waals surface area (Å²) in [5.74, 6) is 0.137. The SMILES string of the molecule is C=C1CCC2[C@@H](C)C(=O)CC[C@]2(C)C1C/C=C1/C(=O)OC=C1OC(C)=O. The van der Waals surface area contributed by atoms with Crippen LogP contribution in [0.5, 0.6) is 0 Å². The van der Waals surface area contributed by atoms with Crippen LogP contribution in [0.25, 0.3) is 0 Å². The van der Waals surface area contributed by atoms with Crippen molar-refractivity contribution in [3.8, 4) is 0 Å². The second kappa shape index (κ2) is 6.86. The highest BCUT2D eigenvalue weighted by Crippen LogP contribution is 2.57. The molecule has 1 heterocycles. The molecule has 0 N–H and O–H groups in total. The third kappa shape index (κ3) is 3.15. The smallest absolute Gasteiger partial charge is 0.346 e. The molecule has 0 spiro atoms. The molecule has 5 heteroatoms. The van der Waals surface area contributed by atoms with E-state index >= 15 is 0 Å². The molecule has 140 valence electrons. The molecule has 0 radical (unpaired) electrons. The number of esters is 2. The van der Waals surface area contributed by atoms with Gasteiger partial charge in [0.1, 0.15) is 17.6 Å². The van der Waals surface area contributed by atoms with Gasteiger partial charge < -0.3 is 9.47 Å². The fourth-order valence-electron chi connectivity index (χ4n) is 5.02. The maximum absolute atomic E-state index is 12.2. The van der Waals surface area contributed by atoms with Crippen LogP contribution in [0.3, 0.4) is 0 Å².